The zero-order valence-corrected chi connectivity index (χ0v) is 11.3. The Hall–Kier alpha value is -1.56. The van der Waals surface area contributed by atoms with E-state index in [1.165, 1.54) is 0 Å². The van der Waals surface area contributed by atoms with Crippen molar-refractivity contribution >= 4 is 11.7 Å². The van der Waals surface area contributed by atoms with Gasteiger partial charge < -0.3 is 15.8 Å². The highest BCUT2D eigenvalue weighted by Crippen LogP contribution is 2.05. The molecule has 0 fully saturated rings. The number of amides is 1. The minimum atomic E-state index is -0.148. The Bertz CT molecular complexity index is 387. The van der Waals surface area contributed by atoms with Gasteiger partial charge in [0.05, 0.1) is 6.10 Å². The first-order chi connectivity index (χ1) is 8.54. The largest absolute Gasteiger partial charge is 0.382 e. The zero-order chi connectivity index (χ0) is 13.5. The number of nitrogen functional groups attached to an aromatic ring is 1. The van der Waals surface area contributed by atoms with Crippen molar-refractivity contribution in [2.45, 2.75) is 39.8 Å². The third-order valence-electron chi connectivity index (χ3n) is 2.39. The van der Waals surface area contributed by atoms with E-state index in [0.717, 1.165) is 6.42 Å². The number of nitrogens with two attached hydrogens (primary N) is 1. The maximum atomic E-state index is 11.9. The van der Waals surface area contributed by atoms with E-state index in [2.05, 4.69) is 10.4 Å². The van der Waals surface area contributed by atoms with Crippen LogP contribution in [0.25, 0.3) is 0 Å². The maximum Gasteiger partial charge on any atom is 0.269 e. The Morgan fingerprint density at radius 1 is 1.61 bits per heavy atom. The molecule has 3 N–H and O–H groups in total. The molecule has 6 heteroatoms. The quantitative estimate of drug-likeness (QED) is 0.712. The van der Waals surface area contributed by atoms with E-state index in [1.54, 1.807) is 10.7 Å². The third-order valence-corrected chi connectivity index (χ3v) is 2.39. The SMILES string of the molecule is CCn1nc(N)cc1C(=O)NCCCOC(C)C. The molecule has 1 amide bonds. The van der Waals surface area contributed by atoms with Crippen molar-refractivity contribution < 1.29 is 9.53 Å². The van der Waals surface area contributed by atoms with Gasteiger partial charge in [0, 0.05) is 25.8 Å². The summed E-state index contributed by atoms with van der Waals surface area (Å²) in [6.45, 7) is 7.74. The van der Waals surface area contributed by atoms with Crippen molar-refractivity contribution in [2.75, 3.05) is 18.9 Å². The van der Waals surface area contributed by atoms with Crippen molar-refractivity contribution in [1.82, 2.24) is 15.1 Å². The second-order valence-electron chi connectivity index (χ2n) is 4.30. The molecule has 0 aliphatic carbocycles. The van der Waals surface area contributed by atoms with Crippen LogP contribution in [0.4, 0.5) is 5.82 Å². The smallest absolute Gasteiger partial charge is 0.269 e. The average molecular weight is 254 g/mol. The number of aromatic nitrogens is 2. The van der Waals surface area contributed by atoms with Crippen LogP contribution in [0.15, 0.2) is 6.07 Å². The predicted molar refractivity (Wildman–Crippen MR) is 70.4 cm³/mol. The van der Waals surface area contributed by atoms with Crippen LogP contribution in [-0.4, -0.2) is 34.9 Å². The molecule has 0 saturated carbocycles. The first kappa shape index (κ1) is 14.5. The van der Waals surface area contributed by atoms with Gasteiger partial charge in [0.1, 0.15) is 11.5 Å². The molecule has 0 radical (unpaired) electrons. The Morgan fingerprint density at radius 2 is 2.33 bits per heavy atom. The Morgan fingerprint density at radius 3 is 2.94 bits per heavy atom. The minimum Gasteiger partial charge on any atom is -0.382 e. The fourth-order valence-corrected chi connectivity index (χ4v) is 1.54. The second-order valence-corrected chi connectivity index (χ2v) is 4.30. The van der Waals surface area contributed by atoms with E-state index in [4.69, 9.17) is 10.5 Å². The topological polar surface area (TPSA) is 82.2 Å². The molecule has 0 atom stereocenters. The highest BCUT2D eigenvalue weighted by atomic mass is 16.5. The summed E-state index contributed by atoms with van der Waals surface area (Å²) in [7, 11) is 0. The van der Waals surface area contributed by atoms with Crippen LogP contribution in [-0.2, 0) is 11.3 Å². The molecule has 0 spiro atoms. The van der Waals surface area contributed by atoms with Gasteiger partial charge in [0.15, 0.2) is 0 Å². The Labute approximate surface area is 107 Å². The van der Waals surface area contributed by atoms with Gasteiger partial charge in [-0.15, -0.1) is 0 Å². The lowest BCUT2D eigenvalue weighted by Gasteiger charge is -2.08. The number of aryl methyl sites for hydroxylation is 1. The fraction of sp³-hybridized carbons (Fsp3) is 0.667. The zero-order valence-electron chi connectivity index (χ0n) is 11.3. The van der Waals surface area contributed by atoms with E-state index in [1.807, 2.05) is 20.8 Å². The summed E-state index contributed by atoms with van der Waals surface area (Å²) in [4.78, 5) is 11.9. The van der Waals surface area contributed by atoms with Crippen molar-refractivity contribution in [1.29, 1.82) is 0 Å². The van der Waals surface area contributed by atoms with Crippen LogP contribution in [0, 0.1) is 0 Å². The van der Waals surface area contributed by atoms with Gasteiger partial charge in [0.25, 0.3) is 5.91 Å². The molecule has 0 saturated heterocycles. The van der Waals surface area contributed by atoms with E-state index in [0.29, 0.717) is 31.2 Å². The molecule has 0 bridgehead atoms. The molecule has 1 rings (SSSR count). The van der Waals surface area contributed by atoms with Gasteiger partial charge in [-0.25, -0.2) is 0 Å². The molecular weight excluding hydrogens is 232 g/mol. The Kier molecular flexibility index (Phi) is 5.64. The standard InChI is InChI=1S/C12H22N4O2/c1-4-16-10(8-11(13)15-16)12(17)14-6-5-7-18-9(2)3/h8-9H,4-7H2,1-3H3,(H2,13,15)(H,14,17). The van der Waals surface area contributed by atoms with Gasteiger partial charge in [-0.1, -0.05) is 0 Å². The van der Waals surface area contributed by atoms with E-state index < -0.39 is 0 Å². The monoisotopic (exact) mass is 254 g/mol. The van der Waals surface area contributed by atoms with Crippen LogP contribution in [0.3, 0.4) is 0 Å². The lowest BCUT2D eigenvalue weighted by molar-refractivity contribution is 0.0756. The van der Waals surface area contributed by atoms with Gasteiger partial charge >= 0.3 is 0 Å². The van der Waals surface area contributed by atoms with Crippen LogP contribution >= 0.6 is 0 Å². The number of hydrogen-bond acceptors (Lipinski definition) is 4. The van der Waals surface area contributed by atoms with Gasteiger partial charge in [0.2, 0.25) is 0 Å². The molecular formula is C12H22N4O2. The summed E-state index contributed by atoms with van der Waals surface area (Å²) >= 11 is 0. The summed E-state index contributed by atoms with van der Waals surface area (Å²) in [6, 6.07) is 1.59. The molecule has 0 aromatic carbocycles. The predicted octanol–water partition coefficient (Wildman–Crippen LogP) is 1.03. The van der Waals surface area contributed by atoms with Crippen LogP contribution in [0.5, 0.6) is 0 Å². The molecule has 1 aromatic heterocycles. The lowest BCUT2D eigenvalue weighted by atomic mass is 10.3. The summed E-state index contributed by atoms with van der Waals surface area (Å²) in [5.74, 6) is 0.218. The third kappa shape index (κ3) is 4.37. The number of ether oxygens (including phenoxy) is 1. The van der Waals surface area contributed by atoms with Crippen LogP contribution in [0.1, 0.15) is 37.7 Å². The van der Waals surface area contributed by atoms with Gasteiger partial charge in [-0.3, -0.25) is 9.48 Å². The molecule has 0 aliphatic heterocycles. The van der Waals surface area contributed by atoms with E-state index in [9.17, 15) is 4.79 Å². The van der Waals surface area contributed by atoms with Gasteiger partial charge in [-0.05, 0) is 27.2 Å². The highest BCUT2D eigenvalue weighted by molar-refractivity contribution is 5.93. The number of hydrogen-bond donors (Lipinski definition) is 2. The molecule has 102 valence electrons. The number of nitrogens with one attached hydrogen (secondary N) is 1. The van der Waals surface area contributed by atoms with Crippen molar-refractivity contribution in [2.24, 2.45) is 0 Å². The second kappa shape index (κ2) is 7.00. The maximum absolute atomic E-state index is 11.9. The molecule has 1 heterocycles. The highest BCUT2D eigenvalue weighted by Gasteiger charge is 2.12. The van der Waals surface area contributed by atoms with E-state index >= 15 is 0 Å². The Balaban J connectivity index is 2.36. The molecule has 0 aliphatic rings. The van der Waals surface area contributed by atoms with Crippen LogP contribution < -0.4 is 11.1 Å². The number of anilines is 1. The summed E-state index contributed by atoms with van der Waals surface area (Å²) in [6.07, 6.45) is 1.02. The van der Waals surface area contributed by atoms with Crippen molar-refractivity contribution in [3.63, 3.8) is 0 Å². The summed E-state index contributed by atoms with van der Waals surface area (Å²) < 4.78 is 6.98. The number of carbonyl (C=O) groups is 1. The molecule has 18 heavy (non-hydrogen) atoms. The fourth-order valence-electron chi connectivity index (χ4n) is 1.54. The van der Waals surface area contributed by atoms with E-state index in [-0.39, 0.29) is 12.0 Å². The number of carbonyl (C=O) groups excluding carboxylic acids is 1. The van der Waals surface area contributed by atoms with Gasteiger partial charge in [-0.2, -0.15) is 5.10 Å². The average Bonchev–Trinajstić information content (AvgIpc) is 2.69. The first-order valence-electron chi connectivity index (χ1n) is 6.27. The molecule has 1 aromatic rings. The number of nitrogens with zero attached hydrogens (tertiary/aromatic N) is 2. The first-order valence-corrected chi connectivity index (χ1v) is 6.27. The molecule has 0 unspecified atom stereocenters. The summed E-state index contributed by atoms with van der Waals surface area (Å²) in [5, 5.41) is 6.85. The number of rotatable bonds is 7. The normalized spacial score (nSPS) is 10.9. The molecule has 6 nitrogen and oxygen atoms in total. The van der Waals surface area contributed by atoms with Crippen LogP contribution in [0.2, 0.25) is 0 Å². The van der Waals surface area contributed by atoms with Crippen molar-refractivity contribution in [3.05, 3.63) is 11.8 Å². The summed E-state index contributed by atoms with van der Waals surface area (Å²) in [5.41, 5.74) is 6.07. The van der Waals surface area contributed by atoms with Crippen molar-refractivity contribution in [3.8, 4) is 0 Å². The minimum absolute atomic E-state index is 0.148. The lowest BCUT2D eigenvalue weighted by Crippen LogP contribution is -2.27.